The first kappa shape index (κ1) is 22.7. The van der Waals surface area contributed by atoms with E-state index in [0.29, 0.717) is 17.6 Å². The zero-order valence-corrected chi connectivity index (χ0v) is 13.0. The molecule has 0 radical (unpaired) electrons. The van der Waals surface area contributed by atoms with E-state index in [2.05, 4.69) is 6.58 Å². The van der Waals surface area contributed by atoms with Crippen molar-refractivity contribution in [2.75, 3.05) is 38.9 Å². The number of aliphatic hydroxyl groups excluding tert-OH is 2. The third-order valence-corrected chi connectivity index (χ3v) is 2.48. The molecule has 3 nitrogen and oxygen atoms in total. The molecule has 0 fully saturated rings. The van der Waals surface area contributed by atoms with E-state index in [1.165, 1.54) is 0 Å². The van der Waals surface area contributed by atoms with Crippen LogP contribution in [0.15, 0.2) is 12.7 Å². The molecule has 0 amide bonds. The van der Waals surface area contributed by atoms with Gasteiger partial charge >= 0.3 is 0 Å². The summed E-state index contributed by atoms with van der Waals surface area (Å²) in [7, 11) is 3.84. The molecule has 2 unspecified atom stereocenters. The highest BCUT2D eigenvalue weighted by Crippen LogP contribution is 2.04. The third-order valence-electron chi connectivity index (χ3n) is 1.77. The van der Waals surface area contributed by atoms with Crippen molar-refractivity contribution in [3.63, 3.8) is 0 Å². The summed E-state index contributed by atoms with van der Waals surface area (Å²) in [6.07, 6.45) is 0.693. The number of likely N-dealkylation sites (N-methyl/N-ethyl adjacent to an activating group) is 1. The quantitative estimate of drug-likeness (QED) is 0.355. The second-order valence-corrected chi connectivity index (χ2v) is 4.94. The Morgan fingerprint density at radius 2 is 1.35 bits per heavy atom. The summed E-state index contributed by atoms with van der Waals surface area (Å²) in [6, 6.07) is 0. The first-order chi connectivity index (χ1) is 7.32. The summed E-state index contributed by atoms with van der Waals surface area (Å²) < 4.78 is 0.516. The van der Waals surface area contributed by atoms with E-state index in [0.717, 1.165) is 0 Å². The summed E-state index contributed by atoms with van der Waals surface area (Å²) in [5.74, 6) is 0.442. The molecule has 0 aromatic rings. The summed E-state index contributed by atoms with van der Waals surface area (Å²) >= 11 is 11.0. The normalized spacial score (nSPS) is 13.8. The molecule has 0 aromatic heterocycles. The van der Waals surface area contributed by atoms with Crippen LogP contribution in [-0.4, -0.2) is 65.8 Å². The maximum Gasteiger partial charge on any atom is 0.116 e. The summed E-state index contributed by atoms with van der Waals surface area (Å²) in [5.41, 5.74) is 0. The summed E-state index contributed by atoms with van der Waals surface area (Å²) in [6.45, 7) is 6.30. The largest absolute Gasteiger partial charge is 1.00 e. The first-order valence-corrected chi connectivity index (χ1v) is 6.27. The van der Waals surface area contributed by atoms with E-state index in [9.17, 15) is 10.2 Å². The van der Waals surface area contributed by atoms with E-state index in [4.69, 9.17) is 23.2 Å². The average Bonchev–Trinajstić information content (AvgIpc) is 2.17. The van der Waals surface area contributed by atoms with Crippen molar-refractivity contribution in [1.29, 1.82) is 0 Å². The number of quaternary nitrogens is 1. The third kappa shape index (κ3) is 16.5. The van der Waals surface area contributed by atoms with Crippen LogP contribution in [-0.2, 0) is 0 Å². The Labute approximate surface area is 121 Å². The molecule has 0 saturated heterocycles. The Balaban J connectivity index is -0.000000440. The summed E-state index contributed by atoms with van der Waals surface area (Å²) in [5, 5.41) is 18.6. The Kier molecular flexibility index (Phi) is 17.2. The lowest BCUT2D eigenvalue weighted by Crippen LogP contribution is -3.00. The van der Waals surface area contributed by atoms with Gasteiger partial charge in [-0.2, -0.15) is 0 Å². The number of rotatable bonds is 6. The van der Waals surface area contributed by atoms with E-state index in [1.54, 1.807) is 6.08 Å². The smallest absolute Gasteiger partial charge is 0.116 e. The van der Waals surface area contributed by atoms with Crippen LogP contribution < -0.4 is 12.4 Å². The molecule has 0 heterocycles. The zero-order valence-electron chi connectivity index (χ0n) is 10.7. The molecule has 0 saturated carbocycles. The highest BCUT2D eigenvalue weighted by molar-refractivity contribution is 6.18. The molecule has 0 aliphatic heterocycles. The minimum Gasteiger partial charge on any atom is -1.00 e. The fourth-order valence-corrected chi connectivity index (χ4v) is 1.51. The van der Waals surface area contributed by atoms with Crippen molar-refractivity contribution in [3.05, 3.63) is 12.7 Å². The van der Waals surface area contributed by atoms with Gasteiger partial charge in [-0.05, 0) is 6.92 Å². The van der Waals surface area contributed by atoms with Crippen molar-refractivity contribution in [1.82, 2.24) is 0 Å². The van der Waals surface area contributed by atoms with Gasteiger partial charge < -0.3 is 27.1 Å². The number of halogens is 3. The van der Waals surface area contributed by atoms with Gasteiger partial charge in [-0.1, -0.05) is 6.08 Å². The van der Waals surface area contributed by atoms with Crippen LogP contribution in [0.2, 0.25) is 0 Å². The fourth-order valence-electron chi connectivity index (χ4n) is 1.31. The predicted octanol–water partition coefficient (Wildman–Crippen LogP) is -1.54. The molecule has 17 heavy (non-hydrogen) atoms. The highest BCUT2D eigenvalue weighted by atomic mass is 35.5. The van der Waals surface area contributed by atoms with Crippen LogP contribution in [0.1, 0.15) is 6.92 Å². The van der Waals surface area contributed by atoms with Crippen LogP contribution in [0.5, 0.6) is 0 Å². The maximum absolute atomic E-state index is 9.32. The topological polar surface area (TPSA) is 40.5 Å². The number of allylic oxidation sites excluding steroid dienone is 1. The molecule has 0 bridgehead atoms. The van der Waals surface area contributed by atoms with Crippen LogP contribution >= 0.6 is 23.2 Å². The molecule has 0 aliphatic carbocycles. The molecular weight excluding hydrogens is 284 g/mol. The van der Waals surface area contributed by atoms with Gasteiger partial charge in [0.15, 0.2) is 0 Å². The van der Waals surface area contributed by atoms with Gasteiger partial charge in [-0.25, -0.2) is 0 Å². The fraction of sp³-hybridized carbons (Fsp3) is 0.818. The standard InChI is InChI=1S/C8H18Cl2NO2.C3H6.ClH/c1-11(2,5-7(12)3-9)6-8(13)4-10;1-3-2;/h7-8,12-13H,3-6H2,1-2H3;3H,1H2,2H3;1H/q+1;;/p-1. The Morgan fingerprint density at radius 3 is 1.53 bits per heavy atom. The lowest BCUT2D eigenvalue weighted by atomic mass is 10.3. The van der Waals surface area contributed by atoms with Gasteiger partial charge in [-0.3, -0.25) is 0 Å². The maximum atomic E-state index is 9.32. The predicted molar refractivity (Wildman–Crippen MR) is 71.2 cm³/mol. The number of alkyl halides is 2. The van der Waals surface area contributed by atoms with Crippen LogP contribution in [0.4, 0.5) is 0 Å². The van der Waals surface area contributed by atoms with Gasteiger partial charge in [0.2, 0.25) is 0 Å². The number of nitrogens with zero attached hydrogens (tertiary/aromatic N) is 1. The monoisotopic (exact) mass is 307 g/mol. The molecule has 2 N–H and O–H groups in total. The number of hydrogen-bond acceptors (Lipinski definition) is 2. The lowest BCUT2D eigenvalue weighted by Gasteiger charge is -2.32. The van der Waals surface area contributed by atoms with Crippen LogP contribution in [0, 0.1) is 0 Å². The molecule has 106 valence electrons. The number of aliphatic hydroxyl groups is 2. The first-order valence-electron chi connectivity index (χ1n) is 5.20. The van der Waals surface area contributed by atoms with Gasteiger partial charge in [0.25, 0.3) is 0 Å². The molecule has 0 rings (SSSR count). The van der Waals surface area contributed by atoms with E-state index >= 15 is 0 Å². The van der Waals surface area contributed by atoms with Gasteiger partial charge in [-0.15, -0.1) is 29.8 Å². The second kappa shape index (κ2) is 12.9. The van der Waals surface area contributed by atoms with Crippen molar-refractivity contribution in [3.8, 4) is 0 Å². The molecular formula is C11H24Cl3NO2. The molecule has 0 aromatic carbocycles. The van der Waals surface area contributed by atoms with E-state index in [1.807, 2.05) is 21.0 Å². The minimum atomic E-state index is -0.529. The number of hydrogen-bond donors (Lipinski definition) is 2. The van der Waals surface area contributed by atoms with Crippen molar-refractivity contribution >= 4 is 23.2 Å². The van der Waals surface area contributed by atoms with Gasteiger partial charge in [0.1, 0.15) is 25.3 Å². The van der Waals surface area contributed by atoms with E-state index in [-0.39, 0.29) is 24.2 Å². The van der Waals surface area contributed by atoms with Gasteiger partial charge in [0, 0.05) is 0 Å². The zero-order chi connectivity index (χ0) is 13.2. The Morgan fingerprint density at radius 1 is 1.12 bits per heavy atom. The highest BCUT2D eigenvalue weighted by Gasteiger charge is 2.23. The molecule has 2 atom stereocenters. The molecule has 6 heteroatoms. The van der Waals surface area contributed by atoms with Crippen molar-refractivity contribution in [2.45, 2.75) is 19.1 Å². The Hall–Kier alpha value is 0.490. The van der Waals surface area contributed by atoms with Gasteiger partial charge in [0.05, 0.1) is 25.9 Å². The molecule has 0 spiro atoms. The Bertz CT molecular complexity index is 166. The van der Waals surface area contributed by atoms with Crippen molar-refractivity contribution < 1.29 is 27.1 Å². The van der Waals surface area contributed by atoms with Crippen molar-refractivity contribution in [2.24, 2.45) is 0 Å². The lowest BCUT2D eigenvalue weighted by molar-refractivity contribution is -0.895. The van der Waals surface area contributed by atoms with Crippen LogP contribution in [0.25, 0.3) is 0 Å². The van der Waals surface area contributed by atoms with E-state index < -0.39 is 12.2 Å². The van der Waals surface area contributed by atoms with Crippen LogP contribution in [0.3, 0.4) is 0 Å². The minimum absolute atomic E-state index is 0. The SMILES string of the molecule is C=CC.C[N+](C)(CC(O)CCl)CC(O)CCl.[Cl-]. The summed E-state index contributed by atoms with van der Waals surface area (Å²) in [4.78, 5) is 0. The molecule has 0 aliphatic rings. The average molecular weight is 309 g/mol. The second-order valence-electron chi connectivity index (χ2n) is 4.33.